The molecule has 1 fully saturated rings. The molecule has 0 spiro atoms. The summed E-state index contributed by atoms with van der Waals surface area (Å²) in [5.41, 5.74) is -0.177. The van der Waals surface area contributed by atoms with Gasteiger partial charge in [0.15, 0.2) is 17.6 Å². The normalized spacial score (nSPS) is 21.1. The van der Waals surface area contributed by atoms with Crippen LogP contribution in [0.4, 0.5) is 4.79 Å². The Bertz CT molecular complexity index is 1280. The van der Waals surface area contributed by atoms with Crippen molar-refractivity contribution < 1.29 is 23.9 Å². The summed E-state index contributed by atoms with van der Waals surface area (Å²) in [6, 6.07) is 13.6. The largest absolute Gasteiger partial charge is 0.486 e. The van der Waals surface area contributed by atoms with Crippen LogP contribution in [0.1, 0.15) is 12.5 Å². The lowest BCUT2D eigenvalue weighted by atomic mass is 9.91. The predicted molar refractivity (Wildman–Crippen MR) is 121 cm³/mol. The third-order valence-electron chi connectivity index (χ3n) is 6.08. The summed E-state index contributed by atoms with van der Waals surface area (Å²) in [6.07, 6.45) is 1.05. The summed E-state index contributed by atoms with van der Waals surface area (Å²) >= 11 is 0. The zero-order valence-electron chi connectivity index (χ0n) is 19.1. The lowest BCUT2D eigenvalue weighted by Crippen LogP contribution is -2.47. The maximum atomic E-state index is 13.3. The molecular formula is C23H23N7O5. The third-order valence-corrected chi connectivity index (χ3v) is 6.08. The highest BCUT2D eigenvalue weighted by molar-refractivity contribution is 6.09. The van der Waals surface area contributed by atoms with Crippen molar-refractivity contribution in [1.82, 2.24) is 35.3 Å². The van der Waals surface area contributed by atoms with Gasteiger partial charge in [0.05, 0.1) is 12.2 Å². The van der Waals surface area contributed by atoms with E-state index in [0.717, 1.165) is 4.90 Å². The molecule has 0 radical (unpaired) electrons. The smallest absolute Gasteiger partial charge is 0.325 e. The molecule has 0 unspecified atom stereocenters. The van der Waals surface area contributed by atoms with E-state index in [4.69, 9.17) is 9.47 Å². The van der Waals surface area contributed by atoms with Crippen molar-refractivity contribution in [3.63, 3.8) is 0 Å². The molecule has 5 rings (SSSR count). The van der Waals surface area contributed by atoms with E-state index >= 15 is 0 Å². The van der Waals surface area contributed by atoms with E-state index in [2.05, 4.69) is 20.8 Å². The van der Waals surface area contributed by atoms with Gasteiger partial charge in [-0.05, 0) is 47.2 Å². The summed E-state index contributed by atoms with van der Waals surface area (Å²) in [4.78, 5) is 41.3. The number of amides is 4. The summed E-state index contributed by atoms with van der Waals surface area (Å²) < 4.78 is 13.0. The topological polar surface area (TPSA) is 132 Å². The summed E-state index contributed by atoms with van der Waals surface area (Å²) in [5.74, 6) is 0.339. The van der Waals surface area contributed by atoms with E-state index in [0.29, 0.717) is 22.7 Å². The van der Waals surface area contributed by atoms with Gasteiger partial charge in [-0.15, -0.1) is 5.10 Å². The minimum absolute atomic E-state index is 0.238. The first-order valence-electron chi connectivity index (χ1n) is 11.0. The molecule has 12 nitrogen and oxygen atoms in total. The fourth-order valence-corrected chi connectivity index (χ4v) is 4.09. The lowest BCUT2D eigenvalue weighted by Gasteiger charge is -2.30. The Morgan fingerprint density at radius 3 is 2.77 bits per heavy atom. The quantitative estimate of drug-likeness (QED) is 0.514. The number of benzene rings is 2. The van der Waals surface area contributed by atoms with Crippen molar-refractivity contribution in [2.75, 3.05) is 26.7 Å². The lowest BCUT2D eigenvalue weighted by molar-refractivity contribution is -0.138. The van der Waals surface area contributed by atoms with Crippen LogP contribution in [0.25, 0.3) is 5.69 Å². The first kappa shape index (κ1) is 22.3. The Kier molecular flexibility index (Phi) is 5.55. The molecule has 3 aromatic rings. The highest BCUT2D eigenvalue weighted by Crippen LogP contribution is 2.32. The number of likely N-dealkylation sites (N-methyl/N-ethyl adjacent to an activating group) is 1. The average Bonchev–Trinajstić information content (AvgIpc) is 3.48. The van der Waals surface area contributed by atoms with Crippen molar-refractivity contribution in [3.05, 3.63) is 60.4 Å². The molecule has 0 bridgehead atoms. The molecule has 1 N–H and O–H groups in total. The maximum absolute atomic E-state index is 13.3. The van der Waals surface area contributed by atoms with Gasteiger partial charge in [-0.3, -0.25) is 14.5 Å². The number of hydrogen-bond donors (Lipinski definition) is 1. The van der Waals surface area contributed by atoms with E-state index in [1.54, 1.807) is 44.3 Å². The number of fused-ring (bicyclic) bond motifs is 1. The SMILES string of the molecule is CN(C[C@H]1COc2ccccc2O1)C(=O)CN1C(=O)N[C@](C)(c2cccc(-n3cnnn3)c2)C1=O. The van der Waals surface area contributed by atoms with Gasteiger partial charge in [-0.1, -0.05) is 24.3 Å². The van der Waals surface area contributed by atoms with Crippen molar-refractivity contribution >= 4 is 17.8 Å². The minimum Gasteiger partial charge on any atom is -0.486 e. The third kappa shape index (κ3) is 4.14. The van der Waals surface area contributed by atoms with E-state index in [-0.39, 0.29) is 19.3 Å². The Morgan fingerprint density at radius 2 is 2.00 bits per heavy atom. The number of nitrogens with one attached hydrogen (secondary N) is 1. The number of para-hydroxylation sites is 2. The number of imide groups is 1. The fraction of sp³-hybridized carbons (Fsp3) is 0.304. The van der Waals surface area contributed by atoms with Crippen molar-refractivity contribution in [2.45, 2.75) is 18.6 Å². The number of carbonyl (C=O) groups excluding carboxylic acids is 3. The number of rotatable bonds is 6. The molecular weight excluding hydrogens is 454 g/mol. The molecule has 0 saturated carbocycles. The molecule has 2 aliphatic heterocycles. The van der Waals surface area contributed by atoms with Gasteiger partial charge in [-0.25, -0.2) is 9.48 Å². The second-order valence-electron chi connectivity index (χ2n) is 8.52. The number of aromatic nitrogens is 4. The molecule has 0 aliphatic carbocycles. The fourth-order valence-electron chi connectivity index (χ4n) is 4.09. The van der Waals surface area contributed by atoms with Gasteiger partial charge in [0.1, 0.15) is 25.0 Å². The zero-order chi connectivity index (χ0) is 24.6. The Hall–Kier alpha value is -4.48. The molecule has 3 heterocycles. The molecule has 2 aliphatic rings. The zero-order valence-corrected chi connectivity index (χ0v) is 19.1. The second kappa shape index (κ2) is 8.70. The van der Waals surface area contributed by atoms with Crippen molar-refractivity contribution in [2.24, 2.45) is 0 Å². The van der Waals surface area contributed by atoms with Crippen LogP contribution in [0.5, 0.6) is 11.5 Å². The Labute approximate surface area is 200 Å². The van der Waals surface area contributed by atoms with E-state index < -0.39 is 29.9 Å². The molecule has 180 valence electrons. The molecule has 35 heavy (non-hydrogen) atoms. The van der Waals surface area contributed by atoms with Crippen LogP contribution in [-0.2, 0) is 15.1 Å². The maximum Gasteiger partial charge on any atom is 0.325 e. The Balaban J connectivity index is 1.25. The first-order chi connectivity index (χ1) is 16.8. The number of nitrogens with zero attached hydrogens (tertiary/aromatic N) is 6. The van der Waals surface area contributed by atoms with Crippen molar-refractivity contribution in [1.29, 1.82) is 0 Å². The Morgan fingerprint density at radius 1 is 1.20 bits per heavy atom. The number of urea groups is 1. The van der Waals surface area contributed by atoms with E-state index in [9.17, 15) is 14.4 Å². The summed E-state index contributed by atoms with van der Waals surface area (Å²) in [7, 11) is 1.60. The van der Waals surface area contributed by atoms with E-state index in [1.807, 2.05) is 18.2 Å². The van der Waals surface area contributed by atoms with Crippen LogP contribution in [0.2, 0.25) is 0 Å². The minimum atomic E-state index is -1.34. The number of hydrogen-bond acceptors (Lipinski definition) is 8. The number of tetrazole rings is 1. The van der Waals surface area contributed by atoms with Gasteiger partial charge >= 0.3 is 6.03 Å². The van der Waals surface area contributed by atoms with Crippen LogP contribution in [0.15, 0.2) is 54.9 Å². The highest BCUT2D eigenvalue weighted by Gasteiger charge is 2.49. The first-order valence-corrected chi connectivity index (χ1v) is 11.0. The summed E-state index contributed by atoms with van der Waals surface area (Å²) in [5, 5.41) is 13.8. The molecule has 12 heteroatoms. The molecule has 2 aromatic carbocycles. The van der Waals surface area contributed by atoms with Crippen LogP contribution >= 0.6 is 0 Å². The molecule has 1 aromatic heterocycles. The monoisotopic (exact) mass is 477 g/mol. The number of ether oxygens (including phenoxy) is 2. The van der Waals surface area contributed by atoms with Crippen molar-refractivity contribution in [3.8, 4) is 17.2 Å². The van der Waals surface area contributed by atoms with Gasteiger partial charge in [0, 0.05) is 7.05 Å². The van der Waals surface area contributed by atoms with Crippen LogP contribution in [-0.4, -0.2) is 80.7 Å². The van der Waals surface area contributed by atoms with Gasteiger partial charge < -0.3 is 19.7 Å². The average molecular weight is 477 g/mol. The summed E-state index contributed by atoms with van der Waals surface area (Å²) in [6.45, 7) is 1.73. The van der Waals surface area contributed by atoms with Gasteiger partial charge in [0.2, 0.25) is 5.91 Å². The highest BCUT2D eigenvalue weighted by atomic mass is 16.6. The van der Waals surface area contributed by atoms with Gasteiger partial charge in [0.25, 0.3) is 5.91 Å². The molecule has 2 atom stereocenters. The van der Waals surface area contributed by atoms with Crippen LogP contribution < -0.4 is 14.8 Å². The molecule has 1 saturated heterocycles. The predicted octanol–water partition coefficient (Wildman–Crippen LogP) is 0.728. The van der Waals surface area contributed by atoms with E-state index in [1.165, 1.54) is 15.9 Å². The standard InChI is InChI=1S/C23H23N7O5/c1-23(15-6-5-7-16(10-15)30-14-24-26-27-30)21(32)29(22(33)25-23)12-20(31)28(2)11-17-13-34-18-8-3-4-9-19(18)35-17/h3-10,14,17H,11-13H2,1-2H3,(H,25,33)/t17-,23+/m0/s1. The van der Waals surface area contributed by atoms with Crippen LogP contribution in [0, 0.1) is 0 Å². The number of carbonyl (C=O) groups is 3. The van der Waals surface area contributed by atoms with Gasteiger partial charge in [-0.2, -0.15) is 0 Å². The second-order valence-corrected chi connectivity index (χ2v) is 8.52. The van der Waals surface area contributed by atoms with Crippen LogP contribution in [0.3, 0.4) is 0 Å². The molecule has 4 amide bonds.